The third-order valence-electron chi connectivity index (χ3n) is 1.97. The van der Waals surface area contributed by atoms with Crippen molar-refractivity contribution in [1.82, 2.24) is 5.32 Å². The molecule has 0 aromatic heterocycles. The van der Waals surface area contributed by atoms with Gasteiger partial charge in [0.1, 0.15) is 0 Å². The maximum absolute atomic E-state index is 11.7. The molecule has 86 valence electrons. The second-order valence-electron chi connectivity index (χ2n) is 3.66. The standard InChI is InChI=1S/C12H14ClNOS/c1-8(2)5-6-14-12(15)10-7-9(16)3-4-11(10)13/h3-5,7,16H,6H2,1-2H3,(H,14,15). The van der Waals surface area contributed by atoms with Crippen LogP contribution in [0.1, 0.15) is 24.2 Å². The third-order valence-corrected chi connectivity index (χ3v) is 2.58. The van der Waals surface area contributed by atoms with Crippen molar-refractivity contribution in [2.45, 2.75) is 18.7 Å². The lowest BCUT2D eigenvalue weighted by Crippen LogP contribution is -2.23. The molecule has 1 rings (SSSR count). The number of carbonyl (C=O) groups is 1. The lowest BCUT2D eigenvalue weighted by Gasteiger charge is -2.05. The molecule has 0 atom stereocenters. The lowest BCUT2D eigenvalue weighted by atomic mass is 10.2. The zero-order valence-electron chi connectivity index (χ0n) is 9.25. The van der Waals surface area contributed by atoms with Crippen molar-refractivity contribution >= 4 is 30.1 Å². The molecule has 0 unspecified atom stereocenters. The highest BCUT2D eigenvalue weighted by Crippen LogP contribution is 2.19. The van der Waals surface area contributed by atoms with E-state index in [9.17, 15) is 4.79 Å². The predicted molar refractivity (Wildman–Crippen MR) is 70.5 cm³/mol. The van der Waals surface area contributed by atoms with E-state index in [0.717, 1.165) is 10.5 Å². The number of allylic oxidation sites excluding steroid dienone is 1. The van der Waals surface area contributed by atoms with Crippen molar-refractivity contribution in [3.8, 4) is 0 Å². The van der Waals surface area contributed by atoms with Crippen LogP contribution in [0.2, 0.25) is 5.02 Å². The summed E-state index contributed by atoms with van der Waals surface area (Å²) in [6.45, 7) is 4.47. The molecular formula is C12H14ClNOS. The highest BCUT2D eigenvalue weighted by molar-refractivity contribution is 7.80. The first kappa shape index (κ1) is 13.1. The highest BCUT2D eigenvalue weighted by atomic mass is 35.5. The Bertz CT molecular complexity index is 425. The topological polar surface area (TPSA) is 29.1 Å². The van der Waals surface area contributed by atoms with Crippen LogP contribution in [-0.2, 0) is 0 Å². The fourth-order valence-corrected chi connectivity index (χ4v) is 1.54. The number of halogens is 1. The van der Waals surface area contributed by atoms with Crippen molar-refractivity contribution in [3.05, 3.63) is 40.4 Å². The van der Waals surface area contributed by atoms with E-state index in [0.29, 0.717) is 17.1 Å². The molecule has 0 saturated heterocycles. The fourth-order valence-electron chi connectivity index (χ4n) is 1.13. The van der Waals surface area contributed by atoms with E-state index in [2.05, 4.69) is 17.9 Å². The van der Waals surface area contributed by atoms with Crippen LogP contribution < -0.4 is 5.32 Å². The molecule has 0 aliphatic heterocycles. The molecule has 0 bridgehead atoms. The molecule has 1 N–H and O–H groups in total. The van der Waals surface area contributed by atoms with Gasteiger partial charge in [-0.3, -0.25) is 4.79 Å². The lowest BCUT2D eigenvalue weighted by molar-refractivity contribution is 0.0958. The van der Waals surface area contributed by atoms with Gasteiger partial charge in [-0.15, -0.1) is 12.6 Å². The van der Waals surface area contributed by atoms with Crippen LogP contribution in [0.4, 0.5) is 0 Å². The SMILES string of the molecule is CC(C)=CCNC(=O)c1cc(S)ccc1Cl. The van der Waals surface area contributed by atoms with Crippen LogP contribution in [-0.4, -0.2) is 12.5 Å². The number of nitrogens with one attached hydrogen (secondary N) is 1. The van der Waals surface area contributed by atoms with E-state index in [1.54, 1.807) is 18.2 Å². The molecule has 0 aliphatic carbocycles. The molecule has 0 saturated carbocycles. The number of carbonyl (C=O) groups excluding carboxylic acids is 1. The number of amides is 1. The Morgan fingerprint density at radius 2 is 2.19 bits per heavy atom. The van der Waals surface area contributed by atoms with Gasteiger partial charge in [-0.05, 0) is 32.0 Å². The van der Waals surface area contributed by atoms with Crippen LogP contribution in [0.5, 0.6) is 0 Å². The van der Waals surface area contributed by atoms with Gasteiger partial charge in [0.15, 0.2) is 0 Å². The summed E-state index contributed by atoms with van der Waals surface area (Å²) in [5.41, 5.74) is 1.62. The van der Waals surface area contributed by atoms with E-state index < -0.39 is 0 Å². The van der Waals surface area contributed by atoms with Gasteiger partial charge in [0.05, 0.1) is 10.6 Å². The fraction of sp³-hybridized carbons (Fsp3) is 0.250. The molecule has 0 radical (unpaired) electrons. The summed E-state index contributed by atoms with van der Waals surface area (Å²) in [6.07, 6.45) is 1.94. The van der Waals surface area contributed by atoms with Gasteiger partial charge in [-0.2, -0.15) is 0 Å². The maximum atomic E-state index is 11.7. The Morgan fingerprint density at radius 1 is 1.50 bits per heavy atom. The maximum Gasteiger partial charge on any atom is 0.253 e. The molecule has 16 heavy (non-hydrogen) atoms. The Labute approximate surface area is 106 Å². The Morgan fingerprint density at radius 3 is 2.81 bits per heavy atom. The van der Waals surface area contributed by atoms with E-state index in [4.69, 9.17) is 11.6 Å². The quantitative estimate of drug-likeness (QED) is 0.630. The monoisotopic (exact) mass is 255 g/mol. The molecule has 2 nitrogen and oxygen atoms in total. The highest BCUT2D eigenvalue weighted by Gasteiger charge is 2.09. The summed E-state index contributed by atoms with van der Waals surface area (Å²) in [6, 6.07) is 5.07. The molecule has 1 amide bonds. The van der Waals surface area contributed by atoms with Crippen LogP contribution in [0.15, 0.2) is 34.7 Å². The van der Waals surface area contributed by atoms with Gasteiger partial charge in [0.25, 0.3) is 5.91 Å². The van der Waals surface area contributed by atoms with Gasteiger partial charge in [-0.25, -0.2) is 0 Å². The molecule has 1 aromatic rings. The minimum atomic E-state index is -0.182. The average Bonchev–Trinajstić information content (AvgIpc) is 2.21. The van der Waals surface area contributed by atoms with Crippen LogP contribution >= 0.6 is 24.2 Å². The van der Waals surface area contributed by atoms with E-state index >= 15 is 0 Å². The number of hydrogen-bond donors (Lipinski definition) is 2. The largest absolute Gasteiger partial charge is 0.349 e. The first-order valence-corrected chi connectivity index (χ1v) is 5.73. The van der Waals surface area contributed by atoms with Crippen LogP contribution in [0.3, 0.4) is 0 Å². The molecule has 4 heteroatoms. The predicted octanol–water partition coefficient (Wildman–Crippen LogP) is 3.32. The Hall–Kier alpha value is -0.930. The molecular weight excluding hydrogens is 242 g/mol. The summed E-state index contributed by atoms with van der Waals surface area (Å²) < 4.78 is 0. The van der Waals surface area contributed by atoms with Crippen molar-refractivity contribution in [3.63, 3.8) is 0 Å². The van der Waals surface area contributed by atoms with Crippen LogP contribution in [0, 0.1) is 0 Å². The summed E-state index contributed by atoms with van der Waals surface area (Å²) >= 11 is 10.1. The Kier molecular flexibility index (Phi) is 4.90. The van der Waals surface area contributed by atoms with Crippen molar-refractivity contribution in [2.75, 3.05) is 6.54 Å². The van der Waals surface area contributed by atoms with Gasteiger partial charge >= 0.3 is 0 Å². The number of thiol groups is 1. The zero-order chi connectivity index (χ0) is 12.1. The second kappa shape index (κ2) is 5.97. The van der Waals surface area contributed by atoms with Crippen molar-refractivity contribution in [1.29, 1.82) is 0 Å². The van der Waals surface area contributed by atoms with Crippen molar-refractivity contribution < 1.29 is 4.79 Å². The third kappa shape index (κ3) is 3.91. The molecule has 0 spiro atoms. The van der Waals surface area contributed by atoms with Gasteiger partial charge in [-0.1, -0.05) is 23.3 Å². The van der Waals surface area contributed by atoms with Crippen molar-refractivity contribution in [2.24, 2.45) is 0 Å². The average molecular weight is 256 g/mol. The van der Waals surface area contributed by atoms with Gasteiger partial charge in [0, 0.05) is 11.4 Å². The first-order chi connectivity index (χ1) is 7.50. The van der Waals surface area contributed by atoms with E-state index in [1.807, 2.05) is 19.9 Å². The summed E-state index contributed by atoms with van der Waals surface area (Å²) in [5.74, 6) is -0.182. The van der Waals surface area contributed by atoms with E-state index in [1.165, 1.54) is 0 Å². The van der Waals surface area contributed by atoms with Gasteiger partial charge < -0.3 is 5.32 Å². The van der Waals surface area contributed by atoms with E-state index in [-0.39, 0.29) is 5.91 Å². The normalized spacial score (nSPS) is 9.75. The number of hydrogen-bond acceptors (Lipinski definition) is 2. The number of benzene rings is 1. The van der Waals surface area contributed by atoms with Crippen LogP contribution in [0.25, 0.3) is 0 Å². The number of rotatable bonds is 3. The summed E-state index contributed by atoms with van der Waals surface area (Å²) in [4.78, 5) is 12.5. The minimum absolute atomic E-state index is 0.182. The smallest absolute Gasteiger partial charge is 0.253 e. The second-order valence-corrected chi connectivity index (χ2v) is 4.58. The zero-order valence-corrected chi connectivity index (χ0v) is 10.9. The first-order valence-electron chi connectivity index (χ1n) is 4.91. The molecule has 0 heterocycles. The van der Waals surface area contributed by atoms with Gasteiger partial charge in [0.2, 0.25) is 0 Å². The Balaban J connectivity index is 2.73. The molecule has 1 aromatic carbocycles. The molecule has 0 aliphatic rings. The molecule has 0 fully saturated rings. The summed E-state index contributed by atoms with van der Waals surface area (Å²) in [7, 11) is 0. The minimum Gasteiger partial charge on any atom is -0.349 e. The summed E-state index contributed by atoms with van der Waals surface area (Å²) in [5, 5.41) is 3.20.